The first-order valence-electron chi connectivity index (χ1n) is 9.07. The van der Waals surface area contributed by atoms with Crippen LogP contribution in [0.5, 0.6) is 0 Å². The van der Waals surface area contributed by atoms with Gasteiger partial charge in [0.25, 0.3) is 0 Å². The fourth-order valence-electron chi connectivity index (χ4n) is 2.56. The molecule has 28 heavy (non-hydrogen) atoms. The molecule has 6 nitrogen and oxygen atoms in total. The predicted octanol–water partition coefficient (Wildman–Crippen LogP) is 4.09. The zero-order valence-corrected chi connectivity index (χ0v) is 17.0. The lowest BCUT2D eigenvalue weighted by atomic mass is 10.1. The van der Waals surface area contributed by atoms with Crippen LogP contribution in [-0.4, -0.2) is 30.3 Å². The van der Waals surface area contributed by atoms with E-state index in [0.717, 1.165) is 5.56 Å². The molecule has 1 unspecified atom stereocenters. The van der Waals surface area contributed by atoms with Crippen LogP contribution < -0.4 is 10.6 Å². The molecule has 0 spiro atoms. The number of rotatable bonds is 7. The smallest absolute Gasteiger partial charge is 0.340 e. The highest BCUT2D eigenvalue weighted by molar-refractivity contribution is 7.80. The lowest BCUT2D eigenvalue weighted by molar-refractivity contribution is 0.0512. The standard InChI is InChI=1S/C21H24N2O4S/c1-4-26-19(24)16-11-12-17(20(25)27-5-2)18(13-16)23-21(28)22-14(3)15-9-7-6-8-10-15/h6-14H,4-5H2,1-3H3,(H2,22,23,28). The summed E-state index contributed by atoms with van der Waals surface area (Å²) in [5, 5.41) is 6.49. The summed E-state index contributed by atoms with van der Waals surface area (Å²) in [4.78, 5) is 24.3. The van der Waals surface area contributed by atoms with Gasteiger partial charge >= 0.3 is 11.9 Å². The number of nitrogens with one attached hydrogen (secondary N) is 2. The van der Waals surface area contributed by atoms with Crippen molar-refractivity contribution in [3.63, 3.8) is 0 Å². The van der Waals surface area contributed by atoms with Crippen molar-refractivity contribution < 1.29 is 19.1 Å². The van der Waals surface area contributed by atoms with E-state index in [0.29, 0.717) is 16.4 Å². The van der Waals surface area contributed by atoms with Crippen LogP contribution in [0.15, 0.2) is 48.5 Å². The Kier molecular flexibility index (Phi) is 7.95. The highest BCUT2D eigenvalue weighted by atomic mass is 32.1. The van der Waals surface area contributed by atoms with Crippen molar-refractivity contribution in [3.05, 3.63) is 65.2 Å². The molecule has 0 heterocycles. The van der Waals surface area contributed by atoms with Crippen molar-refractivity contribution in [2.24, 2.45) is 0 Å². The Morgan fingerprint density at radius 2 is 1.64 bits per heavy atom. The van der Waals surface area contributed by atoms with Gasteiger partial charge in [0.2, 0.25) is 0 Å². The normalized spacial score (nSPS) is 11.2. The summed E-state index contributed by atoms with van der Waals surface area (Å²) in [5.41, 5.74) is 2.04. The molecular weight excluding hydrogens is 376 g/mol. The number of hydrogen-bond acceptors (Lipinski definition) is 5. The zero-order valence-electron chi connectivity index (χ0n) is 16.2. The molecule has 0 saturated heterocycles. The first-order valence-corrected chi connectivity index (χ1v) is 9.47. The van der Waals surface area contributed by atoms with Gasteiger partial charge in [-0.1, -0.05) is 30.3 Å². The summed E-state index contributed by atoms with van der Waals surface area (Å²) in [6, 6.07) is 14.4. The van der Waals surface area contributed by atoms with Crippen LogP contribution in [0, 0.1) is 0 Å². The molecule has 0 aliphatic heterocycles. The van der Waals surface area contributed by atoms with E-state index in [2.05, 4.69) is 10.6 Å². The topological polar surface area (TPSA) is 76.7 Å². The van der Waals surface area contributed by atoms with E-state index in [1.807, 2.05) is 37.3 Å². The van der Waals surface area contributed by atoms with Gasteiger partial charge in [-0.05, 0) is 56.8 Å². The summed E-state index contributed by atoms with van der Waals surface area (Å²) in [6.45, 7) is 5.94. The maximum atomic E-state index is 12.3. The Morgan fingerprint density at radius 3 is 2.29 bits per heavy atom. The number of carbonyl (C=O) groups excluding carboxylic acids is 2. The molecule has 2 N–H and O–H groups in total. The number of anilines is 1. The summed E-state index contributed by atoms with van der Waals surface area (Å²) >= 11 is 5.39. The van der Waals surface area contributed by atoms with E-state index in [-0.39, 0.29) is 24.8 Å². The minimum atomic E-state index is -0.501. The summed E-state index contributed by atoms with van der Waals surface area (Å²) < 4.78 is 10.1. The predicted molar refractivity (Wildman–Crippen MR) is 113 cm³/mol. The van der Waals surface area contributed by atoms with E-state index in [4.69, 9.17) is 21.7 Å². The Hall–Kier alpha value is -2.93. The second-order valence-electron chi connectivity index (χ2n) is 5.93. The molecule has 2 rings (SSSR count). The molecule has 0 amide bonds. The van der Waals surface area contributed by atoms with Gasteiger partial charge in [-0.15, -0.1) is 0 Å². The summed E-state index contributed by atoms with van der Waals surface area (Å²) in [5.74, 6) is -0.975. The van der Waals surface area contributed by atoms with E-state index < -0.39 is 11.9 Å². The van der Waals surface area contributed by atoms with Gasteiger partial charge in [0.15, 0.2) is 5.11 Å². The molecule has 0 aliphatic carbocycles. The van der Waals surface area contributed by atoms with Gasteiger partial charge in [-0.3, -0.25) is 0 Å². The minimum Gasteiger partial charge on any atom is -0.462 e. The highest BCUT2D eigenvalue weighted by Crippen LogP contribution is 2.21. The SMILES string of the molecule is CCOC(=O)c1ccc(C(=O)OCC)c(NC(=S)NC(C)c2ccccc2)c1. The number of esters is 2. The molecule has 0 aliphatic rings. The first kappa shape index (κ1) is 21.4. The van der Waals surface area contributed by atoms with Crippen LogP contribution in [0.1, 0.15) is 53.1 Å². The molecule has 1 atom stereocenters. The van der Waals surface area contributed by atoms with Crippen molar-refractivity contribution in [1.29, 1.82) is 0 Å². The van der Waals surface area contributed by atoms with Crippen molar-refractivity contribution in [3.8, 4) is 0 Å². The van der Waals surface area contributed by atoms with Crippen molar-refractivity contribution >= 4 is 35.0 Å². The van der Waals surface area contributed by atoms with Gasteiger partial charge in [-0.2, -0.15) is 0 Å². The summed E-state index contributed by atoms with van der Waals surface area (Å²) in [7, 11) is 0. The van der Waals surface area contributed by atoms with Crippen LogP contribution in [0.3, 0.4) is 0 Å². The monoisotopic (exact) mass is 400 g/mol. The third kappa shape index (κ3) is 5.79. The van der Waals surface area contributed by atoms with E-state index in [9.17, 15) is 9.59 Å². The second kappa shape index (κ2) is 10.4. The van der Waals surface area contributed by atoms with Crippen LogP contribution in [0.2, 0.25) is 0 Å². The molecule has 7 heteroatoms. The number of benzene rings is 2. The van der Waals surface area contributed by atoms with Crippen molar-refractivity contribution in [1.82, 2.24) is 5.32 Å². The Balaban J connectivity index is 2.22. The maximum Gasteiger partial charge on any atom is 0.340 e. The second-order valence-corrected chi connectivity index (χ2v) is 6.34. The molecular formula is C21H24N2O4S. The fourth-order valence-corrected chi connectivity index (χ4v) is 2.84. The van der Waals surface area contributed by atoms with E-state index >= 15 is 0 Å². The minimum absolute atomic E-state index is 0.0412. The number of carbonyl (C=O) groups is 2. The van der Waals surface area contributed by atoms with Crippen molar-refractivity contribution in [2.75, 3.05) is 18.5 Å². The molecule has 0 bridgehead atoms. The molecule has 148 valence electrons. The summed E-state index contributed by atoms with van der Waals surface area (Å²) in [6.07, 6.45) is 0. The first-order chi connectivity index (χ1) is 13.5. The van der Waals surface area contributed by atoms with Crippen LogP contribution in [-0.2, 0) is 9.47 Å². The zero-order chi connectivity index (χ0) is 20.5. The largest absolute Gasteiger partial charge is 0.462 e. The van der Waals surface area contributed by atoms with Gasteiger partial charge in [0, 0.05) is 0 Å². The third-order valence-electron chi connectivity index (χ3n) is 3.92. The molecule has 0 saturated carbocycles. The van der Waals surface area contributed by atoms with E-state index in [1.165, 1.54) is 18.2 Å². The number of thiocarbonyl (C=S) groups is 1. The molecule has 0 radical (unpaired) electrons. The Labute approximate surface area is 170 Å². The van der Waals surface area contributed by atoms with Crippen LogP contribution in [0.25, 0.3) is 0 Å². The molecule has 0 aromatic heterocycles. The van der Waals surface area contributed by atoms with Gasteiger partial charge in [0.05, 0.1) is 36.1 Å². The van der Waals surface area contributed by atoms with Crippen LogP contribution in [0.4, 0.5) is 5.69 Å². The van der Waals surface area contributed by atoms with Gasteiger partial charge < -0.3 is 20.1 Å². The average molecular weight is 400 g/mol. The molecule has 2 aromatic rings. The lowest BCUT2D eigenvalue weighted by Crippen LogP contribution is -2.31. The maximum absolute atomic E-state index is 12.3. The van der Waals surface area contributed by atoms with Crippen LogP contribution >= 0.6 is 12.2 Å². The number of ether oxygens (including phenoxy) is 2. The third-order valence-corrected chi connectivity index (χ3v) is 4.14. The van der Waals surface area contributed by atoms with Gasteiger partial charge in [-0.25, -0.2) is 9.59 Å². The van der Waals surface area contributed by atoms with Gasteiger partial charge in [0.1, 0.15) is 0 Å². The highest BCUT2D eigenvalue weighted by Gasteiger charge is 2.18. The quantitative estimate of drug-likeness (QED) is 0.535. The number of hydrogen-bond donors (Lipinski definition) is 2. The Bertz CT molecular complexity index is 840. The average Bonchev–Trinajstić information content (AvgIpc) is 2.68. The Morgan fingerprint density at radius 1 is 1.00 bits per heavy atom. The molecule has 0 fully saturated rings. The fraction of sp³-hybridized carbons (Fsp3) is 0.286. The lowest BCUT2D eigenvalue weighted by Gasteiger charge is -2.19. The molecule has 2 aromatic carbocycles. The van der Waals surface area contributed by atoms with E-state index in [1.54, 1.807) is 13.8 Å². The van der Waals surface area contributed by atoms with Crippen molar-refractivity contribution in [2.45, 2.75) is 26.8 Å².